The van der Waals surface area contributed by atoms with Gasteiger partial charge in [-0.2, -0.15) is 0 Å². The number of halogens is 2. The van der Waals surface area contributed by atoms with E-state index in [1.165, 1.54) is 41.1 Å². The van der Waals surface area contributed by atoms with E-state index in [4.69, 9.17) is 18.9 Å². The number of nitrogens with one attached hydrogen (secondary N) is 1. The summed E-state index contributed by atoms with van der Waals surface area (Å²) in [5.74, 6) is -0.517. The van der Waals surface area contributed by atoms with E-state index in [1.807, 2.05) is 0 Å². The van der Waals surface area contributed by atoms with Gasteiger partial charge in [0, 0.05) is 55.2 Å². The molecule has 0 bridgehead atoms. The maximum Gasteiger partial charge on any atom is 0.263 e. The number of anilines is 1. The minimum absolute atomic E-state index is 0.0794. The number of carbonyl (C=O) groups is 1. The third kappa shape index (κ3) is 7.79. The van der Waals surface area contributed by atoms with Gasteiger partial charge in [-0.25, -0.2) is 8.78 Å². The number of hydrogen-bond donors (Lipinski definition) is 1. The molecule has 48 heavy (non-hydrogen) atoms. The van der Waals surface area contributed by atoms with Crippen molar-refractivity contribution < 1.29 is 32.5 Å². The molecule has 12 heteroatoms. The topological polar surface area (TPSA) is 104 Å². The maximum atomic E-state index is 15.3. The highest BCUT2D eigenvalue weighted by Crippen LogP contribution is 2.38. The molecule has 0 radical (unpaired) electrons. The fourth-order valence-electron chi connectivity index (χ4n) is 5.38. The van der Waals surface area contributed by atoms with Gasteiger partial charge >= 0.3 is 0 Å². The SMILES string of the molecule is COc1cc2c(Oc3ccc(NC(=O)c4cccn(Cc5ccc(F)cc5)c4=O)cc3F)ccnc2cc1OCCCN1CCOCC1. The van der Waals surface area contributed by atoms with E-state index in [0.717, 1.165) is 45.3 Å². The third-order valence-corrected chi connectivity index (χ3v) is 7.91. The second-order valence-corrected chi connectivity index (χ2v) is 11.2. The molecule has 3 heterocycles. The molecule has 3 aromatic carbocycles. The molecule has 0 saturated carbocycles. The van der Waals surface area contributed by atoms with Gasteiger partial charge in [0.05, 0.1) is 39.0 Å². The number of ether oxygens (including phenoxy) is 4. The van der Waals surface area contributed by atoms with Gasteiger partial charge in [-0.15, -0.1) is 0 Å². The molecule has 1 fully saturated rings. The van der Waals surface area contributed by atoms with Gasteiger partial charge in [-0.05, 0) is 60.5 Å². The monoisotopic (exact) mass is 656 g/mol. The molecular formula is C36H34F2N4O6. The zero-order valence-electron chi connectivity index (χ0n) is 26.3. The summed E-state index contributed by atoms with van der Waals surface area (Å²) in [4.78, 5) is 32.8. The highest BCUT2D eigenvalue weighted by Gasteiger charge is 2.17. The number of fused-ring (bicyclic) bond motifs is 1. The largest absolute Gasteiger partial charge is 0.493 e. The molecule has 0 unspecified atom stereocenters. The Kier molecular flexibility index (Phi) is 10.2. The summed E-state index contributed by atoms with van der Waals surface area (Å²) >= 11 is 0. The number of pyridine rings is 2. The molecule has 0 atom stereocenters. The lowest BCUT2D eigenvalue weighted by atomic mass is 10.1. The Morgan fingerprint density at radius 2 is 1.77 bits per heavy atom. The number of hydrogen-bond acceptors (Lipinski definition) is 8. The number of amides is 1. The van der Waals surface area contributed by atoms with Gasteiger partial charge in [-0.1, -0.05) is 12.1 Å². The molecule has 0 aliphatic carbocycles. The van der Waals surface area contributed by atoms with Gasteiger partial charge < -0.3 is 28.8 Å². The van der Waals surface area contributed by atoms with Crippen molar-refractivity contribution in [3.05, 3.63) is 118 Å². The van der Waals surface area contributed by atoms with Crippen LogP contribution in [0.25, 0.3) is 10.9 Å². The number of benzene rings is 3. The molecule has 5 aromatic rings. The average Bonchev–Trinajstić information content (AvgIpc) is 3.10. The smallest absolute Gasteiger partial charge is 0.263 e. The molecule has 10 nitrogen and oxygen atoms in total. The average molecular weight is 657 g/mol. The zero-order chi connectivity index (χ0) is 33.5. The molecule has 0 spiro atoms. The Bertz CT molecular complexity index is 1960. The minimum Gasteiger partial charge on any atom is -0.493 e. The normalized spacial score (nSPS) is 13.3. The molecule has 1 amide bonds. The van der Waals surface area contributed by atoms with Gasteiger partial charge in [0.2, 0.25) is 0 Å². The van der Waals surface area contributed by atoms with Crippen LogP contribution in [0.1, 0.15) is 22.3 Å². The van der Waals surface area contributed by atoms with E-state index < -0.39 is 17.3 Å². The van der Waals surface area contributed by atoms with E-state index in [-0.39, 0.29) is 29.4 Å². The van der Waals surface area contributed by atoms with Crippen LogP contribution >= 0.6 is 0 Å². The van der Waals surface area contributed by atoms with Crippen molar-refractivity contribution in [2.45, 2.75) is 13.0 Å². The molecule has 248 valence electrons. The Labute approximate surface area is 275 Å². The molecule has 1 N–H and O–H groups in total. The number of nitrogens with zero attached hydrogens (tertiary/aromatic N) is 3. The number of morpholine rings is 1. The van der Waals surface area contributed by atoms with Gasteiger partial charge in [0.1, 0.15) is 17.1 Å². The van der Waals surface area contributed by atoms with Crippen LogP contribution < -0.4 is 25.1 Å². The Balaban J connectivity index is 1.12. The fourth-order valence-corrected chi connectivity index (χ4v) is 5.38. The second kappa shape index (κ2) is 15.1. The first kappa shape index (κ1) is 32.6. The van der Waals surface area contributed by atoms with Gasteiger partial charge in [-0.3, -0.25) is 19.5 Å². The van der Waals surface area contributed by atoms with Crippen LogP contribution in [0.5, 0.6) is 23.0 Å². The quantitative estimate of drug-likeness (QED) is 0.166. The van der Waals surface area contributed by atoms with Crippen molar-refractivity contribution in [2.75, 3.05) is 51.9 Å². The van der Waals surface area contributed by atoms with E-state index in [2.05, 4.69) is 15.2 Å². The van der Waals surface area contributed by atoms with Crippen LogP contribution in [-0.4, -0.2) is 66.9 Å². The molecular weight excluding hydrogens is 622 g/mol. The Hall–Kier alpha value is -5.33. The molecule has 6 rings (SSSR count). The van der Waals surface area contributed by atoms with Crippen molar-refractivity contribution in [2.24, 2.45) is 0 Å². The summed E-state index contributed by atoms with van der Waals surface area (Å²) in [7, 11) is 1.54. The van der Waals surface area contributed by atoms with Crippen molar-refractivity contribution in [1.29, 1.82) is 0 Å². The van der Waals surface area contributed by atoms with Crippen LogP contribution in [-0.2, 0) is 11.3 Å². The highest BCUT2D eigenvalue weighted by atomic mass is 19.1. The second-order valence-electron chi connectivity index (χ2n) is 11.2. The molecule has 1 saturated heterocycles. The number of methoxy groups -OCH3 is 1. The standard InChI is InChI=1S/C36H34F2N4O6/c1-45-33-21-28-30(22-34(33)47-17-3-13-41-15-18-46-19-16-41)39-12-11-31(28)48-32-10-9-26(20-29(32)38)40-35(43)27-4-2-14-42(36(27)44)23-24-5-7-25(37)8-6-24/h2,4-12,14,20-22H,3,13,15-19,23H2,1H3,(H,40,43). The van der Waals surface area contributed by atoms with Crippen LogP contribution in [0, 0.1) is 11.6 Å². The van der Waals surface area contributed by atoms with E-state index >= 15 is 4.39 Å². The van der Waals surface area contributed by atoms with Crippen molar-refractivity contribution in [3.8, 4) is 23.0 Å². The molecule has 1 aliphatic rings. The lowest BCUT2D eigenvalue weighted by molar-refractivity contribution is 0.0357. The predicted molar refractivity (Wildman–Crippen MR) is 176 cm³/mol. The fraction of sp³-hybridized carbons (Fsp3) is 0.250. The zero-order valence-corrected chi connectivity index (χ0v) is 26.3. The predicted octanol–water partition coefficient (Wildman–Crippen LogP) is 5.88. The maximum absolute atomic E-state index is 15.3. The number of aromatic nitrogens is 2. The van der Waals surface area contributed by atoms with Crippen LogP contribution in [0.2, 0.25) is 0 Å². The first-order valence-corrected chi connectivity index (χ1v) is 15.5. The summed E-state index contributed by atoms with van der Waals surface area (Å²) in [5.41, 5.74) is 0.737. The van der Waals surface area contributed by atoms with E-state index in [1.54, 1.807) is 49.7 Å². The summed E-state index contributed by atoms with van der Waals surface area (Å²) in [6, 6.07) is 17.8. The summed E-state index contributed by atoms with van der Waals surface area (Å²) in [5, 5.41) is 3.16. The Morgan fingerprint density at radius 3 is 2.54 bits per heavy atom. The first-order chi connectivity index (χ1) is 23.4. The molecule has 2 aromatic heterocycles. The third-order valence-electron chi connectivity index (χ3n) is 7.91. The van der Waals surface area contributed by atoms with Crippen molar-refractivity contribution in [1.82, 2.24) is 14.5 Å². The lowest BCUT2D eigenvalue weighted by Gasteiger charge is -2.26. The van der Waals surface area contributed by atoms with E-state index in [9.17, 15) is 14.0 Å². The summed E-state index contributed by atoms with van der Waals surface area (Å²) in [6.45, 7) is 4.90. The van der Waals surface area contributed by atoms with Crippen molar-refractivity contribution in [3.63, 3.8) is 0 Å². The summed E-state index contributed by atoms with van der Waals surface area (Å²) < 4.78 is 52.9. The highest BCUT2D eigenvalue weighted by molar-refractivity contribution is 6.04. The van der Waals surface area contributed by atoms with Gasteiger partial charge in [0.25, 0.3) is 11.5 Å². The minimum atomic E-state index is -0.730. The van der Waals surface area contributed by atoms with Crippen LogP contribution in [0.3, 0.4) is 0 Å². The number of carbonyl (C=O) groups excluding carboxylic acids is 1. The lowest BCUT2D eigenvalue weighted by Crippen LogP contribution is -2.37. The van der Waals surface area contributed by atoms with Gasteiger partial charge in [0.15, 0.2) is 23.1 Å². The van der Waals surface area contributed by atoms with Crippen LogP contribution in [0.15, 0.2) is 90.0 Å². The summed E-state index contributed by atoms with van der Waals surface area (Å²) in [6.07, 6.45) is 3.93. The van der Waals surface area contributed by atoms with Crippen LogP contribution in [0.4, 0.5) is 14.5 Å². The first-order valence-electron chi connectivity index (χ1n) is 15.5. The number of rotatable bonds is 12. The van der Waals surface area contributed by atoms with Crippen molar-refractivity contribution >= 4 is 22.5 Å². The Morgan fingerprint density at radius 1 is 0.958 bits per heavy atom. The van der Waals surface area contributed by atoms with E-state index in [0.29, 0.717) is 40.3 Å². The molecule has 1 aliphatic heterocycles.